The van der Waals surface area contributed by atoms with Crippen LogP contribution < -0.4 is 4.90 Å². The third-order valence-corrected chi connectivity index (χ3v) is 7.66. The van der Waals surface area contributed by atoms with Crippen molar-refractivity contribution >= 4 is 17.4 Å². The number of nitriles is 1. The summed E-state index contributed by atoms with van der Waals surface area (Å²) in [7, 11) is 0. The SMILES string of the molecule is Cc1ccc([C@H]2[C@](C#N)(C(=O)C(C)(C)C)[C@]23C(=O)N(Cc2ccccc2)c2ccc(C)cc23)cc1. The Hall–Kier alpha value is -3.71. The van der Waals surface area contributed by atoms with Crippen molar-refractivity contribution in [2.24, 2.45) is 10.8 Å². The summed E-state index contributed by atoms with van der Waals surface area (Å²) in [5, 5.41) is 10.7. The number of carbonyl (C=O) groups excluding carboxylic acids is 2. The second-order valence-corrected chi connectivity index (χ2v) is 11.0. The zero-order valence-corrected chi connectivity index (χ0v) is 20.9. The minimum Gasteiger partial charge on any atom is -0.307 e. The van der Waals surface area contributed by atoms with E-state index in [4.69, 9.17) is 0 Å². The fraction of sp³-hybridized carbons (Fsp3) is 0.323. The topological polar surface area (TPSA) is 61.2 Å². The first-order chi connectivity index (χ1) is 16.6. The largest absolute Gasteiger partial charge is 0.307 e. The number of Topliss-reactive ketones (excluding diaryl/α,β-unsaturated/α-hetero) is 1. The molecular formula is C31H30N2O2. The molecule has 5 rings (SSSR count). The van der Waals surface area contributed by atoms with Gasteiger partial charge in [0.1, 0.15) is 10.8 Å². The first-order valence-corrected chi connectivity index (χ1v) is 12.1. The van der Waals surface area contributed by atoms with Gasteiger partial charge < -0.3 is 4.90 Å². The number of carbonyl (C=O) groups is 2. The van der Waals surface area contributed by atoms with Crippen LogP contribution in [0.1, 0.15) is 54.5 Å². The smallest absolute Gasteiger partial charge is 0.240 e. The molecule has 1 spiro atoms. The molecule has 35 heavy (non-hydrogen) atoms. The van der Waals surface area contributed by atoms with E-state index in [1.54, 1.807) is 4.90 Å². The van der Waals surface area contributed by atoms with Crippen LogP contribution in [0.3, 0.4) is 0 Å². The molecule has 3 atom stereocenters. The number of anilines is 1. The van der Waals surface area contributed by atoms with Gasteiger partial charge in [0.15, 0.2) is 5.78 Å². The van der Waals surface area contributed by atoms with Gasteiger partial charge in [-0.3, -0.25) is 9.59 Å². The molecule has 0 unspecified atom stereocenters. The monoisotopic (exact) mass is 462 g/mol. The molecule has 0 N–H and O–H groups in total. The third kappa shape index (κ3) is 3.04. The lowest BCUT2D eigenvalue weighted by Crippen LogP contribution is -2.40. The van der Waals surface area contributed by atoms with Crippen molar-refractivity contribution in [3.63, 3.8) is 0 Å². The zero-order chi connectivity index (χ0) is 25.2. The Kier molecular flexibility index (Phi) is 5.04. The Labute approximate surface area is 207 Å². The molecule has 176 valence electrons. The van der Waals surface area contributed by atoms with Crippen LogP contribution in [0, 0.1) is 36.0 Å². The summed E-state index contributed by atoms with van der Waals surface area (Å²) in [4.78, 5) is 30.4. The number of aryl methyl sites for hydroxylation is 2. The first kappa shape index (κ1) is 23.1. The van der Waals surface area contributed by atoms with Gasteiger partial charge >= 0.3 is 0 Å². The number of benzene rings is 3. The molecule has 1 fully saturated rings. The van der Waals surface area contributed by atoms with Gasteiger partial charge in [-0.2, -0.15) is 5.26 Å². The summed E-state index contributed by atoms with van der Waals surface area (Å²) in [6.07, 6.45) is 0. The van der Waals surface area contributed by atoms with E-state index in [1.165, 1.54) is 0 Å². The second-order valence-electron chi connectivity index (χ2n) is 11.0. The zero-order valence-electron chi connectivity index (χ0n) is 20.9. The van der Waals surface area contributed by atoms with Gasteiger partial charge in [0.25, 0.3) is 0 Å². The summed E-state index contributed by atoms with van der Waals surface area (Å²) in [6.45, 7) is 9.90. The molecule has 1 heterocycles. The molecule has 1 aliphatic carbocycles. The van der Waals surface area contributed by atoms with Crippen molar-refractivity contribution < 1.29 is 9.59 Å². The number of rotatable bonds is 4. The van der Waals surface area contributed by atoms with Gasteiger partial charge in [0.05, 0.1) is 12.6 Å². The van der Waals surface area contributed by atoms with E-state index in [2.05, 4.69) is 6.07 Å². The molecule has 3 aromatic rings. The molecule has 0 saturated heterocycles. The molecule has 0 aromatic heterocycles. The van der Waals surface area contributed by atoms with E-state index in [9.17, 15) is 14.9 Å². The summed E-state index contributed by atoms with van der Waals surface area (Å²) in [6, 6.07) is 26.2. The maximum Gasteiger partial charge on any atom is 0.240 e. The van der Waals surface area contributed by atoms with E-state index in [0.717, 1.165) is 33.5 Å². The molecule has 4 nitrogen and oxygen atoms in total. The number of hydrogen-bond acceptors (Lipinski definition) is 3. The Bertz CT molecular complexity index is 1380. The van der Waals surface area contributed by atoms with Gasteiger partial charge in [-0.05, 0) is 36.6 Å². The quantitative estimate of drug-likeness (QED) is 0.477. The molecule has 0 bridgehead atoms. The normalized spacial score (nSPS) is 24.9. The highest BCUT2D eigenvalue weighted by Crippen LogP contribution is 2.79. The fourth-order valence-corrected chi connectivity index (χ4v) is 6.06. The van der Waals surface area contributed by atoms with Crippen molar-refractivity contribution in [3.8, 4) is 6.07 Å². The second kappa shape index (κ2) is 7.65. The van der Waals surface area contributed by atoms with Crippen molar-refractivity contribution in [2.75, 3.05) is 4.90 Å². The van der Waals surface area contributed by atoms with Crippen molar-refractivity contribution in [1.29, 1.82) is 5.26 Å². The van der Waals surface area contributed by atoms with Crippen molar-refractivity contribution in [2.45, 2.75) is 52.5 Å². The van der Waals surface area contributed by atoms with E-state index < -0.39 is 22.2 Å². The van der Waals surface area contributed by atoms with Crippen molar-refractivity contribution in [1.82, 2.24) is 0 Å². The Morgan fingerprint density at radius 3 is 2.20 bits per heavy atom. The Balaban J connectivity index is 1.77. The molecule has 4 heteroatoms. The lowest BCUT2D eigenvalue weighted by atomic mass is 9.75. The lowest BCUT2D eigenvalue weighted by Gasteiger charge is -2.23. The third-order valence-electron chi connectivity index (χ3n) is 7.66. The Morgan fingerprint density at radius 1 is 0.971 bits per heavy atom. The molecule has 0 radical (unpaired) electrons. The number of fused-ring (bicyclic) bond motifs is 2. The molecule has 1 aliphatic heterocycles. The number of ketones is 1. The molecule has 1 saturated carbocycles. The van der Waals surface area contributed by atoms with Gasteiger partial charge in [-0.15, -0.1) is 0 Å². The van der Waals surface area contributed by atoms with Crippen LogP contribution in [0.5, 0.6) is 0 Å². The van der Waals surface area contributed by atoms with E-state index in [-0.39, 0.29) is 11.7 Å². The number of amides is 1. The first-order valence-electron chi connectivity index (χ1n) is 12.1. The van der Waals surface area contributed by atoms with Crippen LogP contribution in [0.4, 0.5) is 5.69 Å². The van der Waals surface area contributed by atoms with Gasteiger partial charge in [0, 0.05) is 17.0 Å². The average Bonchev–Trinajstić information content (AvgIpc) is 3.40. The van der Waals surface area contributed by atoms with Crippen molar-refractivity contribution in [3.05, 3.63) is 101 Å². The lowest BCUT2D eigenvalue weighted by molar-refractivity contribution is -0.132. The van der Waals surface area contributed by atoms with E-state index >= 15 is 0 Å². The van der Waals surface area contributed by atoms with Gasteiger partial charge in [0.2, 0.25) is 5.91 Å². The van der Waals surface area contributed by atoms with Crippen LogP contribution in [0.15, 0.2) is 72.8 Å². The highest BCUT2D eigenvalue weighted by atomic mass is 16.2. The highest BCUT2D eigenvalue weighted by Gasteiger charge is 2.88. The highest BCUT2D eigenvalue weighted by molar-refractivity contribution is 6.20. The minimum absolute atomic E-state index is 0.160. The van der Waals surface area contributed by atoms with Gasteiger partial charge in [-0.25, -0.2) is 0 Å². The van der Waals surface area contributed by atoms with E-state index in [1.807, 2.05) is 107 Å². The predicted octanol–water partition coefficient (Wildman–Crippen LogP) is 6.01. The van der Waals surface area contributed by atoms with Crippen LogP contribution >= 0.6 is 0 Å². The van der Waals surface area contributed by atoms with Crippen LogP contribution in [0.25, 0.3) is 0 Å². The van der Waals surface area contributed by atoms with Crippen LogP contribution in [0.2, 0.25) is 0 Å². The van der Waals surface area contributed by atoms with Crippen LogP contribution in [-0.2, 0) is 21.5 Å². The summed E-state index contributed by atoms with van der Waals surface area (Å²) in [5.41, 5.74) is 2.06. The predicted molar refractivity (Wildman–Crippen MR) is 137 cm³/mol. The standard InChI is InChI=1S/C31H30N2O2/c1-20-11-14-23(15-12-20)26-30(19-32,27(34)29(3,4)5)31(26)24-17-21(2)13-16-25(24)33(28(31)35)18-22-9-7-6-8-10-22/h6-17,26H,18H2,1-5H3/t26-,30+,31-/m0/s1. The number of nitrogens with zero attached hydrogens (tertiary/aromatic N) is 2. The molecule has 3 aromatic carbocycles. The van der Waals surface area contributed by atoms with Gasteiger partial charge in [-0.1, -0.05) is 98.6 Å². The molecule has 1 amide bonds. The maximum absolute atomic E-state index is 14.5. The molecule has 2 aliphatic rings. The average molecular weight is 463 g/mol. The number of hydrogen-bond donors (Lipinski definition) is 0. The fourth-order valence-electron chi connectivity index (χ4n) is 6.06. The molecular weight excluding hydrogens is 432 g/mol. The summed E-state index contributed by atoms with van der Waals surface area (Å²) >= 11 is 0. The Morgan fingerprint density at radius 2 is 1.60 bits per heavy atom. The van der Waals surface area contributed by atoms with E-state index in [0.29, 0.717) is 6.54 Å². The summed E-state index contributed by atoms with van der Waals surface area (Å²) in [5.74, 6) is -0.881. The maximum atomic E-state index is 14.5. The summed E-state index contributed by atoms with van der Waals surface area (Å²) < 4.78 is 0. The van der Waals surface area contributed by atoms with Crippen LogP contribution in [-0.4, -0.2) is 11.7 Å². The minimum atomic E-state index is -1.47.